The lowest BCUT2D eigenvalue weighted by molar-refractivity contribution is -0.121. The molecule has 1 unspecified atom stereocenters. The molecule has 0 fully saturated rings. The fraction of sp³-hybridized carbons (Fsp3) is 0.947. The minimum atomic E-state index is 0.140. The average Bonchev–Trinajstić information content (AvgIpc) is 2.39. The smallest absolute Gasteiger partial charge is 0.219 e. The van der Waals surface area contributed by atoms with E-state index in [2.05, 4.69) is 53.8 Å². The summed E-state index contributed by atoms with van der Waals surface area (Å²) in [5, 5.41) is 2.89. The Hall–Kier alpha value is -0.570. The fourth-order valence-corrected chi connectivity index (χ4v) is 1.12. The third-order valence-corrected chi connectivity index (χ3v) is 3.01. The molecule has 1 atom stereocenters. The number of rotatable bonds is 6. The van der Waals surface area contributed by atoms with Crippen LogP contribution in [0.4, 0.5) is 0 Å². The molecule has 0 aliphatic rings. The summed E-state index contributed by atoms with van der Waals surface area (Å²) in [6.45, 7) is 23.8. The highest BCUT2D eigenvalue weighted by atomic mass is 16.5. The van der Waals surface area contributed by atoms with Crippen LogP contribution in [0.1, 0.15) is 89.0 Å². The monoisotopic (exact) mass is 317 g/mol. The summed E-state index contributed by atoms with van der Waals surface area (Å²) in [5.74, 6) is 0.664. The molecule has 136 valence electrons. The maximum atomic E-state index is 10.8. The van der Waals surface area contributed by atoms with Gasteiger partial charge in [-0.2, -0.15) is 0 Å². The second kappa shape index (κ2) is 15.3. The molecular formula is C19H43NO2. The summed E-state index contributed by atoms with van der Waals surface area (Å²) < 4.78 is 5.42. The van der Waals surface area contributed by atoms with Crippen molar-refractivity contribution in [1.82, 2.24) is 5.32 Å². The van der Waals surface area contributed by atoms with Gasteiger partial charge in [-0.3, -0.25) is 4.79 Å². The second-order valence-electron chi connectivity index (χ2n) is 7.18. The van der Waals surface area contributed by atoms with Gasteiger partial charge in [0.25, 0.3) is 0 Å². The Morgan fingerprint density at radius 2 is 1.50 bits per heavy atom. The molecule has 0 aromatic carbocycles. The first-order valence-electron chi connectivity index (χ1n) is 8.90. The fourth-order valence-electron chi connectivity index (χ4n) is 1.12. The van der Waals surface area contributed by atoms with Crippen molar-refractivity contribution in [3.8, 4) is 0 Å². The van der Waals surface area contributed by atoms with E-state index in [0.717, 1.165) is 13.0 Å². The highest BCUT2D eigenvalue weighted by Gasteiger charge is 2.09. The zero-order chi connectivity index (χ0) is 18.3. The molecule has 0 spiro atoms. The maximum Gasteiger partial charge on any atom is 0.219 e. The van der Waals surface area contributed by atoms with E-state index in [0.29, 0.717) is 29.9 Å². The van der Waals surface area contributed by atoms with Crippen LogP contribution in [0.15, 0.2) is 0 Å². The van der Waals surface area contributed by atoms with E-state index in [1.807, 2.05) is 27.7 Å². The van der Waals surface area contributed by atoms with E-state index in [4.69, 9.17) is 4.74 Å². The molecule has 0 aliphatic heterocycles. The van der Waals surface area contributed by atoms with Gasteiger partial charge in [-0.05, 0) is 38.5 Å². The summed E-state index contributed by atoms with van der Waals surface area (Å²) in [7, 11) is 0. The Balaban J connectivity index is -0.000000294. The van der Waals surface area contributed by atoms with Crippen molar-refractivity contribution < 1.29 is 9.53 Å². The molecule has 0 rings (SSSR count). The normalized spacial score (nSPS) is 12.0. The molecule has 0 radical (unpaired) electrons. The molecule has 3 heteroatoms. The minimum Gasteiger partial charge on any atom is -0.379 e. The van der Waals surface area contributed by atoms with Gasteiger partial charge in [0.1, 0.15) is 0 Å². The topological polar surface area (TPSA) is 38.3 Å². The lowest BCUT2D eigenvalue weighted by Crippen LogP contribution is -2.35. The quantitative estimate of drug-likeness (QED) is 0.709. The van der Waals surface area contributed by atoms with Gasteiger partial charge >= 0.3 is 0 Å². The number of hydrogen-bond acceptors (Lipinski definition) is 2. The van der Waals surface area contributed by atoms with Crippen LogP contribution in [0.2, 0.25) is 0 Å². The van der Waals surface area contributed by atoms with Crippen LogP contribution < -0.4 is 5.32 Å². The van der Waals surface area contributed by atoms with E-state index in [9.17, 15) is 4.79 Å². The number of nitrogens with one attached hydrogen (secondary N) is 1. The average molecular weight is 318 g/mol. The van der Waals surface area contributed by atoms with Crippen LogP contribution in [0, 0.1) is 11.3 Å². The molecule has 0 aromatic heterocycles. The molecule has 0 aromatic rings. The molecule has 3 nitrogen and oxygen atoms in total. The predicted molar refractivity (Wildman–Crippen MR) is 99.2 cm³/mol. The van der Waals surface area contributed by atoms with Crippen molar-refractivity contribution in [3.05, 3.63) is 0 Å². The zero-order valence-corrected chi connectivity index (χ0v) is 17.2. The standard InChI is InChI=1S/C9H20O.C8H17NO.C2H6/c1-8(2)10-7-6-9(3,4)5;1-5-8(10)9-7(4)6(2)3;1-2/h8H,6-7H2,1-5H3;6-7H,5H2,1-4H3,(H,9,10);1-2H3. The molecule has 1 amide bonds. The van der Waals surface area contributed by atoms with Crippen LogP contribution in [-0.4, -0.2) is 24.7 Å². The molecule has 0 saturated carbocycles. The summed E-state index contributed by atoms with van der Waals surface area (Å²) in [5.41, 5.74) is 0.412. The van der Waals surface area contributed by atoms with Gasteiger partial charge in [0.15, 0.2) is 0 Å². The summed E-state index contributed by atoms with van der Waals surface area (Å²) in [6, 6.07) is 0.299. The summed E-state index contributed by atoms with van der Waals surface area (Å²) >= 11 is 0. The van der Waals surface area contributed by atoms with Crippen LogP contribution in [0.5, 0.6) is 0 Å². The van der Waals surface area contributed by atoms with Gasteiger partial charge in [0, 0.05) is 19.1 Å². The number of amides is 1. The van der Waals surface area contributed by atoms with Gasteiger partial charge < -0.3 is 10.1 Å². The van der Waals surface area contributed by atoms with Gasteiger partial charge in [-0.25, -0.2) is 0 Å². The van der Waals surface area contributed by atoms with E-state index in [-0.39, 0.29) is 5.91 Å². The Labute approximate surface area is 140 Å². The van der Waals surface area contributed by atoms with E-state index < -0.39 is 0 Å². The van der Waals surface area contributed by atoms with Crippen molar-refractivity contribution in [1.29, 1.82) is 0 Å². The number of ether oxygens (including phenoxy) is 1. The van der Waals surface area contributed by atoms with E-state index in [1.165, 1.54) is 0 Å². The third-order valence-electron chi connectivity index (χ3n) is 3.01. The Morgan fingerprint density at radius 3 is 1.77 bits per heavy atom. The molecule has 0 saturated heterocycles. The van der Waals surface area contributed by atoms with Crippen molar-refractivity contribution in [2.24, 2.45) is 11.3 Å². The van der Waals surface area contributed by atoms with Crippen LogP contribution >= 0.6 is 0 Å². The molecule has 1 N–H and O–H groups in total. The summed E-state index contributed by atoms with van der Waals surface area (Å²) in [4.78, 5) is 10.8. The van der Waals surface area contributed by atoms with E-state index in [1.54, 1.807) is 0 Å². The SMILES string of the molecule is CC.CC(C)OCCC(C)(C)C.CCC(=O)NC(C)C(C)C. The maximum absolute atomic E-state index is 10.8. The molecular weight excluding hydrogens is 274 g/mol. The number of hydrogen-bond donors (Lipinski definition) is 1. The first kappa shape index (κ1) is 26.3. The van der Waals surface area contributed by atoms with Crippen molar-refractivity contribution >= 4 is 5.91 Å². The molecule has 0 aliphatic carbocycles. The summed E-state index contributed by atoms with van der Waals surface area (Å²) in [6.07, 6.45) is 2.10. The van der Waals surface area contributed by atoms with E-state index >= 15 is 0 Å². The minimum absolute atomic E-state index is 0.140. The van der Waals surface area contributed by atoms with Gasteiger partial charge in [-0.1, -0.05) is 55.4 Å². The Morgan fingerprint density at radius 1 is 1.05 bits per heavy atom. The predicted octanol–water partition coefficient (Wildman–Crippen LogP) is 5.43. The Bertz CT molecular complexity index is 242. The highest BCUT2D eigenvalue weighted by Crippen LogP contribution is 2.18. The molecule has 0 heterocycles. The van der Waals surface area contributed by atoms with Crippen LogP contribution in [0.3, 0.4) is 0 Å². The van der Waals surface area contributed by atoms with Gasteiger partial charge in [0.2, 0.25) is 5.91 Å². The van der Waals surface area contributed by atoms with Crippen molar-refractivity contribution in [2.45, 2.75) is 101 Å². The lowest BCUT2D eigenvalue weighted by atomic mass is 9.93. The Kier molecular flexibility index (Phi) is 18.4. The van der Waals surface area contributed by atoms with Crippen LogP contribution in [-0.2, 0) is 9.53 Å². The molecule has 0 bridgehead atoms. The van der Waals surface area contributed by atoms with Crippen molar-refractivity contribution in [3.63, 3.8) is 0 Å². The third kappa shape index (κ3) is 24.4. The zero-order valence-electron chi connectivity index (χ0n) is 17.2. The number of carbonyl (C=O) groups is 1. The van der Waals surface area contributed by atoms with Crippen LogP contribution in [0.25, 0.3) is 0 Å². The van der Waals surface area contributed by atoms with Crippen molar-refractivity contribution in [2.75, 3.05) is 6.61 Å². The highest BCUT2D eigenvalue weighted by molar-refractivity contribution is 5.75. The number of carbonyl (C=O) groups excluding carboxylic acids is 1. The van der Waals surface area contributed by atoms with Gasteiger partial charge in [0.05, 0.1) is 6.10 Å². The first-order valence-corrected chi connectivity index (χ1v) is 8.90. The molecule has 22 heavy (non-hydrogen) atoms. The first-order chi connectivity index (χ1) is 9.99. The lowest BCUT2D eigenvalue weighted by Gasteiger charge is -2.18. The largest absolute Gasteiger partial charge is 0.379 e. The second-order valence-corrected chi connectivity index (χ2v) is 7.18. The van der Waals surface area contributed by atoms with Gasteiger partial charge in [-0.15, -0.1) is 0 Å².